The van der Waals surface area contributed by atoms with Crippen LogP contribution in [0.2, 0.25) is 0 Å². The van der Waals surface area contributed by atoms with Gasteiger partial charge >= 0.3 is 6.18 Å². The van der Waals surface area contributed by atoms with E-state index >= 15 is 0 Å². The molecule has 0 aliphatic rings. The number of aliphatic imine (C=N–C) groups is 1. The zero-order valence-corrected chi connectivity index (χ0v) is 17.8. The van der Waals surface area contributed by atoms with Gasteiger partial charge in [0.2, 0.25) is 5.88 Å². The van der Waals surface area contributed by atoms with Crippen LogP contribution in [0.15, 0.2) is 47.1 Å². The Hall–Kier alpha value is -2.31. The lowest BCUT2D eigenvalue weighted by Crippen LogP contribution is -2.27. The molecule has 1 aromatic heterocycles. The molecule has 7 heteroatoms. The van der Waals surface area contributed by atoms with Crippen LogP contribution in [0.25, 0.3) is 0 Å². The zero-order chi connectivity index (χ0) is 21.9. The molecule has 0 spiro atoms. The van der Waals surface area contributed by atoms with E-state index < -0.39 is 34.6 Å². The third-order valence-corrected chi connectivity index (χ3v) is 3.16. The second-order valence-electron chi connectivity index (χ2n) is 8.45. The Morgan fingerprint density at radius 3 is 1.93 bits per heavy atom. The number of pyridine rings is 1. The van der Waals surface area contributed by atoms with Gasteiger partial charge in [-0.2, -0.15) is 13.2 Å². The first kappa shape index (κ1) is 23.7. The van der Waals surface area contributed by atoms with E-state index in [-0.39, 0.29) is 5.71 Å². The van der Waals surface area contributed by atoms with Crippen LogP contribution in [-0.2, 0) is 9.47 Å². The molecule has 0 radical (unpaired) electrons. The maximum absolute atomic E-state index is 13.9. The van der Waals surface area contributed by atoms with E-state index in [9.17, 15) is 13.2 Å². The van der Waals surface area contributed by atoms with E-state index in [1.54, 1.807) is 60.7 Å². The molecule has 1 aromatic rings. The molecule has 0 saturated carbocycles. The van der Waals surface area contributed by atoms with Crippen LogP contribution >= 0.6 is 0 Å². The lowest BCUT2D eigenvalue weighted by atomic mass is 10.1. The number of aryl methyl sites for hydroxylation is 1. The fourth-order valence-corrected chi connectivity index (χ4v) is 2.13. The highest BCUT2D eigenvalue weighted by Crippen LogP contribution is 2.37. The van der Waals surface area contributed by atoms with Gasteiger partial charge in [0, 0.05) is 6.20 Å². The van der Waals surface area contributed by atoms with Crippen LogP contribution < -0.4 is 0 Å². The second-order valence-corrected chi connectivity index (χ2v) is 8.45. The molecule has 0 fully saturated rings. The molecule has 0 aromatic carbocycles. The largest absolute Gasteiger partial charge is 0.488 e. The molecule has 0 saturated heterocycles. The highest BCUT2D eigenvalue weighted by atomic mass is 19.4. The molecule has 1 heterocycles. The Kier molecular flexibility index (Phi) is 7.09. The van der Waals surface area contributed by atoms with Gasteiger partial charge in [-0.1, -0.05) is 12.6 Å². The molecule has 0 atom stereocenters. The fourth-order valence-electron chi connectivity index (χ4n) is 2.13. The molecule has 0 unspecified atom stereocenters. The summed E-state index contributed by atoms with van der Waals surface area (Å²) < 4.78 is 52.7. The molecular formula is C21H29F3N2O2. The van der Waals surface area contributed by atoms with Gasteiger partial charge in [-0.3, -0.25) is 4.98 Å². The Labute approximate surface area is 165 Å². The van der Waals surface area contributed by atoms with Gasteiger partial charge in [-0.05, 0) is 67.0 Å². The number of rotatable bonds is 5. The van der Waals surface area contributed by atoms with Gasteiger partial charge in [0.1, 0.15) is 17.0 Å². The summed E-state index contributed by atoms with van der Waals surface area (Å²) in [6, 6.07) is 3.50. The normalized spacial score (nSPS) is 14.5. The number of hydrogen-bond acceptors (Lipinski definition) is 4. The van der Waals surface area contributed by atoms with Crippen molar-refractivity contribution in [1.29, 1.82) is 0 Å². The lowest BCUT2D eigenvalue weighted by molar-refractivity contribution is -0.103. The van der Waals surface area contributed by atoms with E-state index in [2.05, 4.69) is 16.6 Å². The van der Waals surface area contributed by atoms with Crippen molar-refractivity contribution in [2.75, 3.05) is 0 Å². The van der Waals surface area contributed by atoms with Crippen LogP contribution in [0.4, 0.5) is 13.2 Å². The fraction of sp³-hybridized carbons (Fsp3) is 0.524. The van der Waals surface area contributed by atoms with Gasteiger partial charge < -0.3 is 9.47 Å². The molecule has 4 nitrogen and oxygen atoms in total. The molecule has 0 aliphatic carbocycles. The summed E-state index contributed by atoms with van der Waals surface area (Å²) in [5, 5.41) is 0. The molecular weight excluding hydrogens is 369 g/mol. The Morgan fingerprint density at radius 2 is 1.54 bits per heavy atom. The quantitative estimate of drug-likeness (QED) is 0.341. The van der Waals surface area contributed by atoms with E-state index in [1.165, 1.54) is 0 Å². The average Bonchev–Trinajstić information content (AvgIpc) is 2.42. The first-order chi connectivity index (χ1) is 12.5. The summed E-state index contributed by atoms with van der Waals surface area (Å²) in [5.41, 5.74) is -1.27. The van der Waals surface area contributed by atoms with Crippen LogP contribution in [0.3, 0.4) is 0 Å². The van der Waals surface area contributed by atoms with E-state index in [0.717, 1.165) is 5.56 Å². The minimum atomic E-state index is -4.77. The molecule has 0 bridgehead atoms. The van der Waals surface area contributed by atoms with Crippen molar-refractivity contribution in [3.8, 4) is 0 Å². The van der Waals surface area contributed by atoms with Crippen LogP contribution in [0.1, 0.15) is 59.7 Å². The van der Waals surface area contributed by atoms with Crippen molar-refractivity contribution in [1.82, 2.24) is 4.98 Å². The van der Waals surface area contributed by atoms with Crippen molar-refractivity contribution >= 4 is 5.71 Å². The third kappa shape index (κ3) is 7.74. The van der Waals surface area contributed by atoms with Crippen LogP contribution in [0, 0.1) is 6.92 Å². The number of hydrogen-bond donors (Lipinski definition) is 0. The van der Waals surface area contributed by atoms with E-state index in [1.807, 2.05) is 13.0 Å². The average molecular weight is 398 g/mol. The second kappa shape index (κ2) is 8.37. The first-order valence-electron chi connectivity index (χ1n) is 8.87. The summed E-state index contributed by atoms with van der Waals surface area (Å²) in [7, 11) is 0. The summed E-state index contributed by atoms with van der Waals surface area (Å²) >= 11 is 0. The van der Waals surface area contributed by atoms with E-state index in [0.29, 0.717) is 5.69 Å². The predicted octanol–water partition coefficient (Wildman–Crippen LogP) is 6.12. The number of alkyl halides is 3. The van der Waals surface area contributed by atoms with Gasteiger partial charge in [0.05, 0.1) is 11.4 Å². The smallest absolute Gasteiger partial charge is 0.425 e. The van der Waals surface area contributed by atoms with Gasteiger partial charge in [-0.25, -0.2) is 4.99 Å². The maximum Gasteiger partial charge on any atom is 0.425 e. The van der Waals surface area contributed by atoms with Crippen molar-refractivity contribution < 1.29 is 22.6 Å². The first-order valence-corrected chi connectivity index (χ1v) is 8.87. The molecule has 0 amide bonds. The maximum atomic E-state index is 13.9. The topological polar surface area (TPSA) is 43.7 Å². The standard InChI is InChI=1S/C21H29F3N2O2/c1-13-10-11-16(25-12-13)14(2)26-18(28-20(7,8)9)17(21(22,23)24)15(3)27-19(4,5)6/h10-12H,3H2,1-2,4-9H3/b18-17-,26-14?. The number of nitrogens with zero attached hydrogens (tertiary/aromatic N) is 2. The monoisotopic (exact) mass is 398 g/mol. The SMILES string of the molecule is C=C(OC(C)(C)C)/C(=C(\N=C(C)c1ccc(C)cn1)OC(C)(C)C)C(F)(F)F. The summed E-state index contributed by atoms with van der Waals surface area (Å²) in [6.07, 6.45) is -3.15. The summed E-state index contributed by atoms with van der Waals surface area (Å²) in [4.78, 5) is 8.34. The molecule has 1 rings (SSSR count). The minimum Gasteiger partial charge on any atom is -0.488 e. The predicted molar refractivity (Wildman–Crippen MR) is 105 cm³/mol. The number of ether oxygens (including phenoxy) is 2. The summed E-state index contributed by atoms with van der Waals surface area (Å²) in [5.74, 6) is -1.15. The summed E-state index contributed by atoms with van der Waals surface area (Å²) in [6.45, 7) is 16.8. The molecule has 156 valence electrons. The molecule has 0 aliphatic heterocycles. The highest BCUT2D eigenvalue weighted by molar-refractivity contribution is 5.97. The van der Waals surface area contributed by atoms with Crippen molar-refractivity contribution in [2.24, 2.45) is 4.99 Å². The van der Waals surface area contributed by atoms with Crippen LogP contribution in [-0.4, -0.2) is 28.1 Å². The number of allylic oxidation sites excluding steroid dienone is 1. The Morgan fingerprint density at radius 1 is 1.00 bits per heavy atom. The van der Waals surface area contributed by atoms with Crippen molar-refractivity contribution in [2.45, 2.75) is 72.8 Å². The van der Waals surface area contributed by atoms with E-state index in [4.69, 9.17) is 9.47 Å². The molecule has 0 N–H and O–H groups in total. The Balaban J connectivity index is 3.62. The number of aromatic nitrogens is 1. The van der Waals surface area contributed by atoms with Gasteiger partial charge in [0.25, 0.3) is 0 Å². The lowest BCUT2D eigenvalue weighted by Gasteiger charge is -2.28. The van der Waals surface area contributed by atoms with Crippen molar-refractivity contribution in [3.05, 3.63) is 53.4 Å². The van der Waals surface area contributed by atoms with Gasteiger partial charge in [0.15, 0.2) is 5.57 Å². The van der Waals surface area contributed by atoms with Gasteiger partial charge in [-0.15, -0.1) is 0 Å². The molecule has 28 heavy (non-hydrogen) atoms. The van der Waals surface area contributed by atoms with Crippen molar-refractivity contribution in [3.63, 3.8) is 0 Å². The minimum absolute atomic E-state index is 0.282. The van der Waals surface area contributed by atoms with Crippen LogP contribution in [0.5, 0.6) is 0 Å². The zero-order valence-electron chi connectivity index (χ0n) is 17.8. The number of halogens is 3. The Bertz CT molecular complexity index is 763. The highest BCUT2D eigenvalue weighted by Gasteiger charge is 2.42. The third-order valence-electron chi connectivity index (χ3n) is 3.16.